The van der Waals surface area contributed by atoms with Crippen molar-refractivity contribution >= 4 is 0 Å². The summed E-state index contributed by atoms with van der Waals surface area (Å²) in [6, 6.07) is 7.21. The first-order valence-electron chi connectivity index (χ1n) is 8.85. The Morgan fingerprint density at radius 1 is 0.593 bits per heavy atom. The first-order chi connectivity index (χ1) is 13.0. The van der Waals surface area contributed by atoms with E-state index in [1.807, 2.05) is 0 Å². The van der Waals surface area contributed by atoms with Crippen molar-refractivity contribution in [3.8, 4) is 23.0 Å². The van der Waals surface area contributed by atoms with Crippen LogP contribution in [-0.4, -0.2) is 10.2 Å². The molecule has 0 aliphatic rings. The van der Waals surface area contributed by atoms with Crippen molar-refractivity contribution in [2.75, 3.05) is 0 Å². The average molecular weight is 362 g/mol. The van der Waals surface area contributed by atoms with Crippen LogP contribution in [0.4, 0.5) is 0 Å². The second kappa shape index (κ2) is 9.48. The van der Waals surface area contributed by atoms with E-state index < -0.39 is 0 Å². The number of rotatable bonds is 10. The molecule has 3 heteroatoms. The highest BCUT2D eigenvalue weighted by atomic mass is 16.5. The molecule has 0 saturated carbocycles. The Labute approximate surface area is 161 Å². The minimum atomic E-state index is 0.243. The van der Waals surface area contributed by atoms with Gasteiger partial charge in [-0.05, 0) is 49.9 Å². The van der Waals surface area contributed by atoms with E-state index in [0.29, 0.717) is 37.2 Å². The fourth-order valence-corrected chi connectivity index (χ4v) is 2.95. The van der Waals surface area contributed by atoms with Gasteiger partial charge in [0.25, 0.3) is 0 Å². The van der Waals surface area contributed by atoms with E-state index in [9.17, 15) is 10.2 Å². The first-order valence-corrected chi connectivity index (χ1v) is 8.85. The molecule has 0 fully saturated rings. The van der Waals surface area contributed by atoms with Gasteiger partial charge in [-0.2, -0.15) is 0 Å². The summed E-state index contributed by atoms with van der Waals surface area (Å²) in [5, 5.41) is 20.8. The number of aromatic hydroxyl groups is 2. The molecule has 2 rings (SSSR count). The van der Waals surface area contributed by atoms with Gasteiger partial charge in [0, 0.05) is 22.3 Å². The van der Waals surface area contributed by atoms with E-state index in [-0.39, 0.29) is 11.5 Å². The lowest BCUT2D eigenvalue weighted by Crippen LogP contribution is -1.96. The van der Waals surface area contributed by atoms with Gasteiger partial charge >= 0.3 is 0 Å². The van der Waals surface area contributed by atoms with Crippen molar-refractivity contribution in [3.63, 3.8) is 0 Å². The van der Waals surface area contributed by atoms with E-state index in [4.69, 9.17) is 4.74 Å². The Bertz CT molecular complexity index is 728. The molecule has 0 heterocycles. The molecule has 2 aromatic rings. The Balaban J connectivity index is 2.48. The molecule has 0 saturated heterocycles. The summed E-state index contributed by atoms with van der Waals surface area (Å²) in [6.45, 7) is 15.0. The molecule has 0 spiro atoms. The van der Waals surface area contributed by atoms with Crippen LogP contribution in [0.5, 0.6) is 23.0 Å². The molecule has 0 aliphatic heterocycles. The summed E-state index contributed by atoms with van der Waals surface area (Å²) in [6.07, 6.45) is 9.09. The first kappa shape index (κ1) is 20.1. The Morgan fingerprint density at radius 2 is 0.852 bits per heavy atom. The maximum absolute atomic E-state index is 10.4. The standard InChI is InChI=1S/C24H26O3/c1-5-9-17-13-21(14-18(10-6-2)23(17)25)27-22-15-19(11-7-3)24(26)20(16-22)12-8-4/h5-8,13-16,25-26H,1-4,9-12H2. The van der Waals surface area contributed by atoms with Gasteiger partial charge < -0.3 is 14.9 Å². The molecule has 0 amide bonds. The molecule has 3 nitrogen and oxygen atoms in total. The minimum Gasteiger partial charge on any atom is -0.507 e. The van der Waals surface area contributed by atoms with Crippen LogP contribution in [0.2, 0.25) is 0 Å². The molecular weight excluding hydrogens is 336 g/mol. The van der Waals surface area contributed by atoms with Gasteiger partial charge in [0.15, 0.2) is 0 Å². The molecule has 0 radical (unpaired) electrons. The predicted molar refractivity (Wildman–Crippen MR) is 112 cm³/mol. The summed E-state index contributed by atoms with van der Waals surface area (Å²) in [5.41, 5.74) is 2.98. The maximum atomic E-state index is 10.4. The number of benzene rings is 2. The van der Waals surface area contributed by atoms with E-state index in [1.54, 1.807) is 48.6 Å². The zero-order valence-electron chi connectivity index (χ0n) is 15.6. The van der Waals surface area contributed by atoms with Gasteiger partial charge in [-0.15, -0.1) is 26.3 Å². The lowest BCUT2D eigenvalue weighted by Gasteiger charge is -2.15. The van der Waals surface area contributed by atoms with Gasteiger partial charge in [0.1, 0.15) is 23.0 Å². The van der Waals surface area contributed by atoms with Crippen molar-refractivity contribution in [3.05, 3.63) is 97.1 Å². The number of phenolic OH excluding ortho intramolecular Hbond substituents is 2. The van der Waals surface area contributed by atoms with Gasteiger partial charge in [-0.3, -0.25) is 0 Å². The van der Waals surface area contributed by atoms with Crippen LogP contribution in [0.1, 0.15) is 22.3 Å². The maximum Gasteiger partial charge on any atom is 0.128 e. The number of allylic oxidation sites excluding steroid dienone is 4. The van der Waals surface area contributed by atoms with E-state index in [0.717, 1.165) is 22.3 Å². The lowest BCUT2D eigenvalue weighted by molar-refractivity contribution is 0.447. The SMILES string of the molecule is C=CCc1cc(Oc2cc(CC=C)c(O)c(CC=C)c2)cc(CC=C)c1O. The van der Waals surface area contributed by atoms with Crippen LogP contribution in [0.25, 0.3) is 0 Å². The fraction of sp³-hybridized carbons (Fsp3) is 0.167. The Hall–Kier alpha value is -3.20. The lowest BCUT2D eigenvalue weighted by atomic mass is 10.0. The van der Waals surface area contributed by atoms with Crippen molar-refractivity contribution in [1.82, 2.24) is 0 Å². The predicted octanol–water partition coefficient (Wildman–Crippen LogP) is 5.80. The molecule has 27 heavy (non-hydrogen) atoms. The van der Waals surface area contributed by atoms with Crippen LogP contribution < -0.4 is 4.74 Å². The van der Waals surface area contributed by atoms with Gasteiger partial charge in [-0.1, -0.05) is 24.3 Å². The van der Waals surface area contributed by atoms with E-state index >= 15 is 0 Å². The number of ether oxygens (including phenoxy) is 1. The molecule has 2 aromatic carbocycles. The van der Waals surface area contributed by atoms with Gasteiger partial charge in [0.05, 0.1) is 0 Å². The highest BCUT2D eigenvalue weighted by molar-refractivity contribution is 5.52. The second-order valence-corrected chi connectivity index (χ2v) is 6.25. The van der Waals surface area contributed by atoms with E-state index in [2.05, 4.69) is 26.3 Å². The quantitative estimate of drug-likeness (QED) is 0.525. The zero-order valence-corrected chi connectivity index (χ0v) is 15.6. The van der Waals surface area contributed by atoms with Crippen LogP contribution in [0.15, 0.2) is 74.9 Å². The zero-order chi connectivity index (χ0) is 19.8. The van der Waals surface area contributed by atoms with Crippen molar-refractivity contribution < 1.29 is 14.9 Å². The van der Waals surface area contributed by atoms with Crippen LogP contribution in [-0.2, 0) is 25.7 Å². The summed E-state index contributed by atoms with van der Waals surface area (Å²) < 4.78 is 6.08. The molecule has 0 atom stereocenters. The van der Waals surface area contributed by atoms with Crippen LogP contribution in [0.3, 0.4) is 0 Å². The van der Waals surface area contributed by atoms with Crippen LogP contribution in [0, 0.1) is 0 Å². The molecule has 0 aromatic heterocycles. The number of hydrogen-bond acceptors (Lipinski definition) is 3. The molecule has 0 aliphatic carbocycles. The third-order valence-corrected chi connectivity index (χ3v) is 4.18. The topological polar surface area (TPSA) is 49.7 Å². The molecule has 0 unspecified atom stereocenters. The van der Waals surface area contributed by atoms with Crippen molar-refractivity contribution in [2.24, 2.45) is 0 Å². The van der Waals surface area contributed by atoms with Gasteiger partial charge in [0.2, 0.25) is 0 Å². The number of hydrogen-bond donors (Lipinski definition) is 2. The normalized spacial score (nSPS) is 10.2. The molecule has 140 valence electrons. The van der Waals surface area contributed by atoms with Crippen LogP contribution >= 0.6 is 0 Å². The highest BCUT2D eigenvalue weighted by Crippen LogP contribution is 2.35. The monoisotopic (exact) mass is 362 g/mol. The summed E-state index contributed by atoms with van der Waals surface area (Å²) in [4.78, 5) is 0. The Kier molecular flexibility index (Phi) is 7.07. The number of phenols is 2. The fourth-order valence-electron chi connectivity index (χ4n) is 2.95. The largest absolute Gasteiger partial charge is 0.507 e. The van der Waals surface area contributed by atoms with Gasteiger partial charge in [-0.25, -0.2) is 0 Å². The van der Waals surface area contributed by atoms with Crippen molar-refractivity contribution in [2.45, 2.75) is 25.7 Å². The summed E-state index contributed by atoms with van der Waals surface area (Å²) >= 11 is 0. The Morgan fingerprint density at radius 3 is 1.07 bits per heavy atom. The summed E-state index contributed by atoms with van der Waals surface area (Å²) in [7, 11) is 0. The molecule has 0 bridgehead atoms. The smallest absolute Gasteiger partial charge is 0.128 e. The minimum absolute atomic E-state index is 0.243. The third-order valence-electron chi connectivity index (χ3n) is 4.18. The van der Waals surface area contributed by atoms with E-state index in [1.165, 1.54) is 0 Å². The molecular formula is C24H26O3. The van der Waals surface area contributed by atoms with Crippen molar-refractivity contribution in [1.29, 1.82) is 0 Å². The third kappa shape index (κ3) is 4.91. The molecule has 2 N–H and O–H groups in total. The average Bonchev–Trinajstić information content (AvgIpc) is 2.63. The highest BCUT2D eigenvalue weighted by Gasteiger charge is 2.13. The second-order valence-electron chi connectivity index (χ2n) is 6.25. The summed E-state index contributed by atoms with van der Waals surface area (Å²) in [5.74, 6) is 1.71.